The van der Waals surface area contributed by atoms with Crippen molar-refractivity contribution in [3.63, 3.8) is 0 Å². The molecule has 1 saturated heterocycles. The third kappa shape index (κ3) is 3.40. The maximum absolute atomic E-state index is 12.5. The number of thiazole rings is 1. The highest BCUT2D eigenvalue weighted by Crippen LogP contribution is 2.20. The highest BCUT2D eigenvalue weighted by molar-refractivity contribution is 7.13. The molecule has 0 radical (unpaired) electrons. The van der Waals surface area contributed by atoms with Gasteiger partial charge in [-0.1, -0.05) is 0 Å². The molecule has 2 heterocycles. The molecule has 22 heavy (non-hydrogen) atoms. The third-order valence-corrected chi connectivity index (χ3v) is 5.03. The predicted molar refractivity (Wildman–Crippen MR) is 87.4 cm³/mol. The van der Waals surface area contributed by atoms with Crippen molar-refractivity contribution in [3.05, 3.63) is 15.6 Å². The number of amides is 3. The van der Waals surface area contributed by atoms with Gasteiger partial charge < -0.3 is 14.7 Å². The molecule has 0 N–H and O–H groups in total. The van der Waals surface area contributed by atoms with E-state index in [0.29, 0.717) is 39.3 Å². The van der Waals surface area contributed by atoms with Crippen molar-refractivity contribution < 1.29 is 9.59 Å². The van der Waals surface area contributed by atoms with Crippen molar-refractivity contribution in [1.29, 1.82) is 0 Å². The van der Waals surface area contributed by atoms with Gasteiger partial charge in [0.15, 0.2) is 0 Å². The molecular weight excluding hydrogens is 300 g/mol. The number of hydrogen-bond donors (Lipinski definition) is 0. The fourth-order valence-electron chi connectivity index (χ4n) is 2.67. The molecule has 1 aromatic rings. The van der Waals surface area contributed by atoms with Crippen LogP contribution in [-0.2, 0) is 0 Å². The molecule has 0 bridgehead atoms. The first-order valence-corrected chi connectivity index (χ1v) is 8.56. The van der Waals surface area contributed by atoms with E-state index >= 15 is 0 Å². The Bertz CT molecular complexity index is 546. The van der Waals surface area contributed by atoms with Crippen molar-refractivity contribution in [1.82, 2.24) is 19.7 Å². The van der Waals surface area contributed by atoms with Crippen LogP contribution in [-0.4, -0.2) is 70.9 Å². The van der Waals surface area contributed by atoms with Gasteiger partial charge in [-0.15, -0.1) is 11.3 Å². The Hall–Kier alpha value is -1.63. The Labute approximate surface area is 135 Å². The van der Waals surface area contributed by atoms with Crippen molar-refractivity contribution in [2.45, 2.75) is 27.7 Å². The summed E-state index contributed by atoms with van der Waals surface area (Å²) >= 11 is 1.44. The first kappa shape index (κ1) is 16.7. The van der Waals surface area contributed by atoms with Crippen LogP contribution in [0.2, 0.25) is 0 Å². The lowest BCUT2D eigenvalue weighted by Crippen LogP contribution is -2.54. The summed E-state index contributed by atoms with van der Waals surface area (Å²) in [4.78, 5) is 35.4. The van der Waals surface area contributed by atoms with Crippen molar-refractivity contribution in [3.8, 4) is 0 Å². The number of hydrogen-bond acceptors (Lipinski definition) is 4. The standard InChI is InChI=1S/C15H24N4O2S/c1-5-17(6-2)15(21)19-9-7-18(8-10-19)14(20)13-11(3)16-12(4)22-13/h5-10H2,1-4H3. The summed E-state index contributed by atoms with van der Waals surface area (Å²) in [5, 5.41) is 0.913. The molecular formula is C15H24N4O2S. The van der Waals surface area contributed by atoms with Gasteiger partial charge in [0.1, 0.15) is 4.88 Å². The number of carbonyl (C=O) groups excluding carboxylic acids is 2. The van der Waals surface area contributed by atoms with E-state index in [9.17, 15) is 9.59 Å². The van der Waals surface area contributed by atoms with Crippen LogP contribution in [0.5, 0.6) is 0 Å². The van der Waals surface area contributed by atoms with E-state index in [4.69, 9.17) is 0 Å². The van der Waals surface area contributed by atoms with E-state index in [1.54, 1.807) is 0 Å². The average molecular weight is 324 g/mol. The van der Waals surface area contributed by atoms with Gasteiger partial charge in [-0.3, -0.25) is 4.79 Å². The summed E-state index contributed by atoms with van der Waals surface area (Å²) in [6.45, 7) is 11.5. The molecule has 1 aromatic heterocycles. The molecule has 3 amide bonds. The Morgan fingerprint density at radius 1 is 1.09 bits per heavy atom. The Morgan fingerprint density at radius 3 is 2.09 bits per heavy atom. The highest BCUT2D eigenvalue weighted by Gasteiger charge is 2.28. The Balaban J connectivity index is 1.96. The normalized spacial score (nSPS) is 15.1. The number of aromatic nitrogens is 1. The molecule has 1 fully saturated rings. The maximum atomic E-state index is 12.5. The molecule has 2 rings (SSSR count). The molecule has 0 aromatic carbocycles. The number of nitrogens with zero attached hydrogens (tertiary/aromatic N) is 4. The second-order valence-electron chi connectivity index (χ2n) is 5.38. The Kier molecular flexibility index (Phi) is 5.39. The van der Waals surface area contributed by atoms with Gasteiger partial charge in [0.2, 0.25) is 0 Å². The summed E-state index contributed by atoms with van der Waals surface area (Å²) < 4.78 is 0. The molecule has 6 nitrogen and oxygen atoms in total. The minimum absolute atomic E-state index is 0.0399. The molecule has 122 valence electrons. The summed E-state index contributed by atoms with van der Waals surface area (Å²) in [5.74, 6) is 0.0399. The quantitative estimate of drug-likeness (QED) is 0.854. The average Bonchev–Trinajstić information content (AvgIpc) is 2.86. The second-order valence-corrected chi connectivity index (χ2v) is 6.58. The molecule has 7 heteroatoms. The van der Waals surface area contributed by atoms with Gasteiger partial charge >= 0.3 is 6.03 Å². The van der Waals surface area contributed by atoms with E-state index in [0.717, 1.165) is 15.6 Å². The van der Waals surface area contributed by atoms with Crippen LogP contribution in [0.4, 0.5) is 4.79 Å². The first-order chi connectivity index (χ1) is 10.5. The fraction of sp³-hybridized carbons (Fsp3) is 0.667. The summed E-state index contributed by atoms with van der Waals surface area (Å²) in [6, 6.07) is 0.0712. The van der Waals surface area contributed by atoms with Gasteiger partial charge in [-0.25, -0.2) is 9.78 Å². The number of rotatable bonds is 3. The molecule has 1 aliphatic rings. The smallest absolute Gasteiger partial charge is 0.320 e. The zero-order valence-electron chi connectivity index (χ0n) is 13.8. The molecule has 0 spiro atoms. The molecule has 0 aliphatic carbocycles. The van der Waals surface area contributed by atoms with Crippen molar-refractivity contribution >= 4 is 23.3 Å². The van der Waals surface area contributed by atoms with Crippen molar-refractivity contribution in [2.75, 3.05) is 39.3 Å². The maximum Gasteiger partial charge on any atom is 0.320 e. The molecule has 1 aliphatic heterocycles. The number of aryl methyl sites for hydroxylation is 2. The zero-order chi connectivity index (χ0) is 16.3. The summed E-state index contributed by atoms with van der Waals surface area (Å²) in [6.07, 6.45) is 0. The van der Waals surface area contributed by atoms with Crippen LogP contribution in [0, 0.1) is 13.8 Å². The molecule has 0 unspecified atom stereocenters. The van der Waals surface area contributed by atoms with Gasteiger partial charge in [0.25, 0.3) is 5.91 Å². The van der Waals surface area contributed by atoms with Gasteiger partial charge in [0, 0.05) is 39.3 Å². The predicted octanol–water partition coefficient (Wildman–Crippen LogP) is 1.98. The molecule has 0 atom stereocenters. The summed E-state index contributed by atoms with van der Waals surface area (Å²) in [5.41, 5.74) is 0.800. The van der Waals surface area contributed by atoms with E-state index in [2.05, 4.69) is 4.98 Å². The number of piperazine rings is 1. The van der Waals surface area contributed by atoms with E-state index in [-0.39, 0.29) is 11.9 Å². The van der Waals surface area contributed by atoms with Gasteiger partial charge in [-0.2, -0.15) is 0 Å². The second kappa shape index (κ2) is 7.09. The minimum atomic E-state index is 0.0399. The van der Waals surface area contributed by atoms with Gasteiger partial charge in [0.05, 0.1) is 10.7 Å². The Morgan fingerprint density at radius 2 is 1.64 bits per heavy atom. The SMILES string of the molecule is CCN(CC)C(=O)N1CCN(C(=O)c2sc(C)nc2C)CC1. The fourth-order valence-corrected chi connectivity index (χ4v) is 3.56. The van der Waals surface area contributed by atoms with E-state index in [1.165, 1.54) is 11.3 Å². The van der Waals surface area contributed by atoms with Crippen LogP contribution in [0.15, 0.2) is 0 Å². The number of carbonyl (C=O) groups is 2. The molecule has 0 saturated carbocycles. The topological polar surface area (TPSA) is 56.8 Å². The lowest BCUT2D eigenvalue weighted by atomic mass is 10.2. The van der Waals surface area contributed by atoms with Crippen LogP contribution >= 0.6 is 11.3 Å². The highest BCUT2D eigenvalue weighted by atomic mass is 32.1. The van der Waals surface area contributed by atoms with Crippen LogP contribution in [0.25, 0.3) is 0 Å². The number of urea groups is 1. The first-order valence-electron chi connectivity index (χ1n) is 7.75. The minimum Gasteiger partial charge on any atom is -0.334 e. The third-order valence-electron chi connectivity index (χ3n) is 3.97. The lowest BCUT2D eigenvalue weighted by molar-refractivity contribution is 0.0645. The lowest BCUT2D eigenvalue weighted by Gasteiger charge is -2.37. The van der Waals surface area contributed by atoms with Gasteiger partial charge in [-0.05, 0) is 27.7 Å². The van der Waals surface area contributed by atoms with Crippen LogP contribution in [0.1, 0.15) is 34.2 Å². The van der Waals surface area contributed by atoms with Crippen molar-refractivity contribution in [2.24, 2.45) is 0 Å². The largest absolute Gasteiger partial charge is 0.334 e. The van der Waals surface area contributed by atoms with E-state index in [1.807, 2.05) is 42.4 Å². The van der Waals surface area contributed by atoms with Crippen LogP contribution in [0.3, 0.4) is 0 Å². The zero-order valence-corrected chi connectivity index (χ0v) is 14.6. The van der Waals surface area contributed by atoms with Crippen LogP contribution < -0.4 is 0 Å². The summed E-state index contributed by atoms with van der Waals surface area (Å²) in [7, 11) is 0. The monoisotopic (exact) mass is 324 g/mol. The van der Waals surface area contributed by atoms with E-state index < -0.39 is 0 Å².